The number of halogens is 3. The molecule has 4 aromatic rings. The number of nitrogens with one attached hydrogen (secondary N) is 1. The standard InChI is InChI=1S/C24H21F3N6O/c25-24(26,27)18-6-2-1-5-17(18)19-8-10-22-29-14-20(33(22)31-19)23(34)30-21-9-7-16(13-28-21)15-32-11-3-4-12-32/h1-2,5-10,13-14H,3-4,11-12,15H2,(H,28,30,34). The third-order valence-electron chi connectivity index (χ3n) is 5.77. The molecule has 5 rings (SSSR count). The average Bonchev–Trinajstić information content (AvgIpc) is 3.49. The van der Waals surface area contributed by atoms with Crippen LogP contribution in [0.2, 0.25) is 0 Å². The number of carbonyl (C=O) groups excluding carboxylic acids is 1. The Hall–Kier alpha value is -3.79. The monoisotopic (exact) mass is 466 g/mol. The summed E-state index contributed by atoms with van der Waals surface area (Å²) in [5.41, 5.74) is 0.691. The van der Waals surface area contributed by atoms with E-state index in [9.17, 15) is 18.0 Å². The van der Waals surface area contributed by atoms with Crippen LogP contribution >= 0.6 is 0 Å². The third-order valence-corrected chi connectivity index (χ3v) is 5.77. The van der Waals surface area contributed by atoms with Crippen LogP contribution in [0.1, 0.15) is 34.5 Å². The first-order chi connectivity index (χ1) is 16.4. The normalized spacial score (nSPS) is 14.6. The number of alkyl halides is 3. The van der Waals surface area contributed by atoms with Gasteiger partial charge in [-0.2, -0.15) is 18.3 Å². The molecule has 0 spiro atoms. The summed E-state index contributed by atoms with van der Waals surface area (Å²) in [6, 6.07) is 11.8. The van der Waals surface area contributed by atoms with Crippen molar-refractivity contribution in [2.45, 2.75) is 25.6 Å². The first-order valence-electron chi connectivity index (χ1n) is 10.9. The van der Waals surface area contributed by atoms with Crippen LogP contribution in [-0.2, 0) is 12.7 Å². The molecule has 1 aliphatic rings. The Kier molecular flexibility index (Phi) is 5.74. The Morgan fingerprint density at radius 2 is 1.76 bits per heavy atom. The summed E-state index contributed by atoms with van der Waals surface area (Å²) in [5, 5.41) is 6.99. The van der Waals surface area contributed by atoms with Crippen LogP contribution in [0.3, 0.4) is 0 Å². The first-order valence-corrected chi connectivity index (χ1v) is 10.9. The largest absolute Gasteiger partial charge is 0.417 e. The Balaban J connectivity index is 1.39. The molecule has 0 bridgehead atoms. The van der Waals surface area contributed by atoms with Crippen molar-refractivity contribution in [3.8, 4) is 11.3 Å². The van der Waals surface area contributed by atoms with E-state index in [1.54, 1.807) is 12.3 Å². The number of aromatic nitrogens is 4. The van der Waals surface area contributed by atoms with Crippen molar-refractivity contribution >= 4 is 17.4 Å². The number of benzene rings is 1. The van der Waals surface area contributed by atoms with Gasteiger partial charge < -0.3 is 5.32 Å². The molecule has 0 atom stereocenters. The molecule has 174 valence electrons. The van der Waals surface area contributed by atoms with E-state index in [2.05, 4.69) is 25.3 Å². The number of amides is 1. The number of fused-ring (bicyclic) bond motifs is 1. The third kappa shape index (κ3) is 4.49. The van der Waals surface area contributed by atoms with E-state index in [1.165, 1.54) is 53.9 Å². The van der Waals surface area contributed by atoms with Gasteiger partial charge in [-0.05, 0) is 55.8 Å². The molecule has 1 N–H and O–H groups in total. The van der Waals surface area contributed by atoms with Gasteiger partial charge in [0.1, 0.15) is 5.82 Å². The number of hydrogen-bond acceptors (Lipinski definition) is 5. The number of hydrogen-bond donors (Lipinski definition) is 1. The van der Waals surface area contributed by atoms with Crippen molar-refractivity contribution in [1.29, 1.82) is 0 Å². The van der Waals surface area contributed by atoms with Crippen molar-refractivity contribution < 1.29 is 18.0 Å². The Morgan fingerprint density at radius 1 is 0.971 bits per heavy atom. The van der Waals surface area contributed by atoms with Crippen molar-refractivity contribution in [2.24, 2.45) is 0 Å². The SMILES string of the molecule is O=C(Nc1ccc(CN2CCCC2)cn1)c1cnc2ccc(-c3ccccc3C(F)(F)F)nn12. The number of nitrogens with zero attached hydrogens (tertiary/aromatic N) is 5. The number of likely N-dealkylation sites (tertiary alicyclic amines) is 1. The van der Waals surface area contributed by atoms with Crippen LogP contribution in [0.5, 0.6) is 0 Å². The van der Waals surface area contributed by atoms with Crippen molar-refractivity contribution in [3.63, 3.8) is 0 Å². The van der Waals surface area contributed by atoms with E-state index in [4.69, 9.17) is 0 Å². The van der Waals surface area contributed by atoms with Crippen LogP contribution in [0.25, 0.3) is 16.9 Å². The average molecular weight is 466 g/mol. The van der Waals surface area contributed by atoms with Crippen LogP contribution in [0.15, 0.2) is 60.9 Å². The van der Waals surface area contributed by atoms with E-state index in [-0.39, 0.29) is 17.0 Å². The second-order valence-corrected chi connectivity index (χ2v) is 8.16. The van der Waals surface area contributed by atoms with Gasteiger partial charge in [0.25, 0.3) is 5.91 Å². The molecule has 34 heavy (non-hydrogen) atoms. The molecule has 4 heterocycles. The number of imidazole rings is 1. The molecule has 1 aromatic carbocycles. The number of anilines is 1. The molecule has 0 aliphatic carbocycles. The summed E-state index contributed by atoms with van der Waals surface area (Å²) in [6.07, 6.45) is 0.942. The van der Waals surface area contributed by atoms with Gasteiger partial charge in [0.15, 0.2) is 11.3 Å². The highest BCUT2D eigenvalue weighted by molar-refractivity contribution is 6.02. The minimum atomic E-state index is -4.53. The van der Waals surface area contributed by atoms with Crippen LogP contribution in [0.4, 0.5) is 19.0 Å². The van der Waals surface area contributed by atoms with Gasteiger partial charge in [-0.25, -0.2) is 14.5 Å². The Bertz CT molecular complexity index is 1330. The van der Waals surface area contributed by atoms with Crippen molar-refractivity contribution in [1.82, 2.24) is 24.5 Å². The van der Waals surface area contributed by atoms with E-state index in [0.717, 1.165) is 31.3 Å². The van der Waals surface area contributed by atoms with Gasteiger partial charge in [-0.1, -0.05) is 24.3 Å². The Labute approximate surface area is 193 Å². The minimum Gasteiger partial charge on any atom is -0.305 e. The van der Waals surface area contributed by atoms with E-state index in [0.29, 0.717) is 11.5 Å². The van der Waals surface area contributed by atoms with E-state index >= 15 is 0 Å². The minimum absolute atomic E-state index is 0.0767. The molecule has 1 aliphatic heterocycles. The fourth-order valence-electron chi connectivity index (χ4n) is 4.10. The predicted molar refractivity (Wildman–Crippen MR) is 120 cm³/mol. The molecule has 0 saturated carbocycles. The fraction of sp³-hybridized carbons (Fsp3) is 0.250. The second kappa shape index (κ2) is 8.86. The lowest BCUT2D eigenvalue weighted by molar-refractivity contribution is -0.137. The molecule has 1 saturated heterocycles. The number of rotatable bonds is 5. The second-order valence-electron chi connectivity index (χ2n) is 8.16. The van der Waals surface area contributed by atoms with Gasteiger partial charge in [0.2, 0.25) is 0 Å². The Morgan fingerprint density at radius 3 is 2.50 bits per heavy atom. The maximum Gasteiger partial charge on any atom is 0.417 e. The summed E-state index contributed by atoms with van der Waals surface area (Å²) < 4.78 is 41.6. The predicted octanol–water partition coefficient (Wildman–Crippen LogP) is 4.66. The highest BCUT2D eigenvalue weighted by Crippen LogP contribution is 2.36. The summed E-state index contributed by atoms with van der Waals surface area (Å²) in [7, 11) is 0. The molecule has 1 fully saturated rings. The summed E-state index contributed by atoms with van der Waals surface area (Å²) >= 11 is 0. The topological polar surface area (TPSA) is 75.4 Å². The maximum absolute atomic E-state index is 13.5. The molecule has 1 amide bonds. The van der Waals surface area contributed by atoms with Crippen LogP contribution < -0.4 is 5.32 Å². The van der Waals surface area contributed by atoms with Crippen LogP contribution in [-0.4, -0.2) is 43.5 Å². The number of pyridine rings is 1. The van der Waals surface area contributed by atoms with Gasteiger partial charge in [-0.3, -0.25) is 9.69 Å². The quantitative estimate of drug-likeness (QED) is 0.463. The zero-order valence-corrected chi connectivity index (χ0v) is 18.1. The molecule has 3 aromatic heterocycles. The molecule has 7 nitrogen and oxygen atoms in total. The number of carbonyl (C=O) groups is 1. The lowest BCUT2D eigenvalue weighted by Gasteiger charge is -2.14. The highest BCUT2D eigenvalue weighted by Gasteiger charge is 2.33. The van der Waals surface area contributed by atoms with Crippen LogP contribution in [0, 0.1) is 0 Å². The summed E-state index contributed by atoms with van der Waals surface area (Å²) in [5.74, 6) is -0.148. The van der Waals surface area contributed by atoms with Crippen molar-refractivity contribution in [3.05, 3.63) is 77.7 Å². The molecule has 10 heteroatoms. The molecular formula is C24H21F3N6O. The smallest absolute Gasteiger partial charge is 0.305 e. The van der Waals surface area contributed by atoms with E-state index < -0.39 is 17.6 Å². The molecule has 0 radical (unpaired) electrons. The zero-order valence-electron chi connectivity index (χ0n) is 18.1. The molecule has 0 unspecified atom stereocenters. The highest BCUT2D eigenvalue weighted by atomic mass is 19.4. The summed E-state index contributed by atoms with van der Waals surface area (Å²) in [6.45, 7) is 2.98. The van der Waals surface area contributed by atoms with Gasteiger partial charge >= 0.3 is 6.18 Å². The zero-order chi connectivity index (χ0) is 23.7. The lowest BCUT2D eigenvalue weighted by Crippen LogP contribution is -2.19. The van der Waals surface area contributed by atoms with Gasteiger partial charge in [0, 0.05) is 18.3 Å². The lowest BCUT2D eigenvalue weighted by atomic mass is 10.0. The van der Waals surface area contributed by atoms with E-state index in [1.807, 2.05) is 6.07 Å². The summed E-state index contributed by atoms with van der Waals surface area (Å²) in [4.78, 5) is 23.7. The van der Waals surface area contributed by atoms with Gasteiger partial charge in [-0.15, -0.1) is 0 Å². The maximum atomic E-state index is 13.5. The molecular weight excluding hydrogens is 445 g/mol. The van der Waals surface area contributed by atoms with Gasteiger partial charge in [0.05, 0.1) is 17.5 Å². The van der Waals surface area contributed by atoms with Crippen molar-refractivity contribution in [2.75, 3.05) is 18.4 Å². The first kappa shape index (κ1) is 22.0. The fourth-order valence-corrected chi connectivity index (χ4v) is 4.10.